The summed E-state index contributed by atoms with van der Waals surface area (Å²) in [7, 11) is 1.41. The Bertz CT molecular complexity index is 1900. The average Bonchev–Trinajstić information content (AvgIpc) is 3.17. The van der Waals surface area contributed by atoms with Crippen molar-refractivity contribution < 1.29 is 90.8 Å². The van der Waals surface area contributed by atoms with Gasteiger partial charge < -0.3 is 62.5 Å². The van der Waals surface area contributed by atoms with Crippen LogP contribution in [0.25, 0.3) is 0 Å². The number of carbonyl (C=O) groups is 7. The molecule has 1 amide bonds. The zero-order chi connectivity index (χ0) is 45.1. The molecule has 2 aliphatic heterocycles. The molecule has 20 nitrogen and oxygen atoms in total. The largest absolute Gasteiger partial charge is 0.493 e. The first-order chi connectivity index (χ1) is 28.8. The van der Waals surface area contributed by atoms with Crippen molar-refractivity contribution in [3.05, 3.63) is 48.0 Å². The van der Waals surface area contributed by atoms with Gasteiger partial charge in [0, 0.05) is 53.1 Å². The number of aliphatic hydroxyl groups excluding tert-OH is 1. The number of methoxy groups -OCH3 is 1. The highest BCUT2D eigenvalue weighted by Gasteiger charge is 2.56. The zero-order valence-electron chi connectivity index (χ0n) is 35.1. The van der Waals surface area contributed by atoms with Crippen LogP contribution in [-0.4, -0.2) is 122 Å². The predicted octanol–water partition coefficient (Wildman–Crippen LogP) is 2.85. The summed E-state index contributed by atoms with van der Waals surface area (Å²) in [4.78, 5) is 86.0. The van der Waals surface area contributed by atoms with E-state index in [-0.39, 0.29) is 28.9 Å². The highest BCUT2D eigenvalue weighted by molar-refractivity contribution is 5.92. The van der Waals surface area contributed by atoms with E-state index in [9.17, 15) is 38.7 Å². The molecule has 0 aromatic heterocycles. The topological polar surface area (TPSA) is 253 Å². The third-order valence-corrected chi connectivity index (χ3v) is 9.04. The first-order valence-corrected chi connectivity index (χ1v) is 19.1. The number of aliphatic hydroxyl groups is 1. The summed E-state index contributed by atoms with van der Waals surface area (Å²) in [6.07, 6.45) is -15.8. The number of hydrogen-bond acceptors (Lipinski definition) is 19. The molecule has 4 rings (SSSR count). The van der Waals surface area contributed by atoms with Crippen molar-refractivity contribution in [1.29, 1.82) is 0 Å². The molecule has 2 saturated heterocycles. The van der Waals surface area contributed by atoms with Gasteiger partial charge in [-0.3, -0.25) is 33.6 Å². The van der Waals surface area contributed by atoms with Gasteiger partial charge in [-0.25, -0.2) is 0 Å². The fraction of sp³-hybridized carbons (Fsp3) is 0.537. The third-order valence-electron chi connectivity index (χ3n) is 9.04. The number of anilines is 1. The maximum atomic E-state index is 12.6. The molecule has 0 radical (unpaired) electrons. The van der Waals surface area contributed by atoms with E-state index >= 15 is 0 Å². The Kier molecular flexibility index (Phi) is 17.0. The number of esters is 6. The van der Waals surface area contributed by atoms with Gasteiger partial charge in [0.1, 0.15) is 49.5 Å². The summed E-state index contributed by atoms with van der Waals surface area (Å²) in [6, 6.07) is 11.1. The second-order valence-corrected chi connectivity index (χ2v) is 14.3. The number of benzene rings is 2. The molecular weight excluding hydrogens is 810 g/mol. The molecule has 0 aliphatic carbocycles. The van der Waals surface area contributed by atoms with Crippen LogP contribution in [0.5, 0.6) is 17.2 Å². The number of nitrogens with one attached hydrogen (secondary N) is 1. The van der Waals surface area contributed by atoms with Crippen molar-refractivity contribution in [2.45, 2.75) is 117 Å². The highest BCUT2D eigenvalue weighted by atomic mass is 16.7. The maximum Gasteiger partial charge on any atom is 0.303 e. The smallest absolute Gasteiger partial charge is 0.303 e. The van der Waals surface area contributed by atoms with Crippen LogP contribution in [0.4, 0.5) is 5.69 Å². The highest BCUT2D eigenvalue weighted by Crippen LogP contribution is 2.42. The molecule has 2 heterocycles. The quantitative estimate of drug-likeness (QED) is 0.182. The molecule has 0 spiro atoms. The molecular formula is C41H51NO19. The lowest BCUT2D eigenvalue weighted by molar-refractivity contribution is -0.345. The van der Waals surface area contributed by atoms with Crippen molar-refractivity contribution in [3.63, 3.8) is 0 Å². The summed E-state index contributed by atoms with van der Waals surface area (Å²) in [5.74, 6) is -4.67. The maximum absolute atomic E-state index is 12.6. The first kappa shape index (κ1) is 47.8. The number of carbonyl (C=O) groups excluding carboxylic acids is 7. The standard InChI is InChI=1S/C41H51NO19/c1-19(2)40(50)42-27-11-13-28(14-12-27)58-30-16-26(10-15-29(30)51-9)34-33(49)37(35(54-22(5)45)31(59-34)17-52-20(3)43)61-41-39(57-25(8)48)38(56-24(7)47)36(55-23(6)46)32(60-41)18-53-21(4)44/h10-16,19,31-39,41,49H,17-18H2,1-9H3,(H,42,50)/t31-,32-,33-,34-,35-,36-,37-,38+,39+,41-/m1/s1. The average molecular weight is 862 g/mol. The van der Waals surface area contributed by atoms with E-state index in [1.165, 1.54) is 19.2 Å². The second kappa shape index (κ2) is 21.6. The summed E-state index contributed by atoms with van der Waals surface area (Å²) >= 11 is 0. The molecule has 2 N–H and O–H groups in total. The molecule has 0 saturated carbocycles. The lowest BCUT2D eigenvalue weighted by Gasteiger charge is -2.48. The van der Waals surface area contributed by atoms with Crippen molar-refractivity contribution in [1.82, 2.24) is 0 Å². The van der Waals surface area contributed by atoms with Crippen molar-refractivity contribution in [2.24, 2.45) is 5.92 Å². The lowest BCUT2D eigenvalue weighted by Crippen LogP contribution is -2.66. The number of amides is 1. The Morgan fingerprint density at radius 1 is 0.639 bits per heavy atom. The summed E-state index contributed by atoms with van der Waals surface area (Å²) in [5, 5.41) is 15.0. The molecule has 2 aliphatic rings. The number of rotatable bonds is 16. The third kappa shape index (κ3) is 13.3. The fourth-order valence-electron chi connectivity index (χ4n) is 6.45. The molecule has 20 heteroatoms. The van der Waals surface area contributed by atoms with E-state index in [4.69, 9.17) is 52.1 Å². The number of ether oxygens (including phenoxy) is 11. The van der Waals surface area contributed by atoms with Crippen LogP contribution < -0.4 is 14.8 Å². The van der Waals surface area contributed by atoms with Crippen LogP contribution in [0, 0.1) is 5.92 Å². The molecule has 2 fully saturated rings. The van der Waals surface area contributed by atoms with E-state index in [1.54, 1.807) is 44.2 Å². The second-order valence-electron chi connectivity index (χ2n) is 14.3. The van der Waals surface area contributed by atoms with Crippen molar-refractivity contribution >= 4 is 47.4 Å². The van der Waals surface area contributed by atoms with Gasteiger partial charge in [-0.1, -0.05) is 19.9 Å². The van der Waals surface area contributed by atoms with E-state index in [0.29, 0.717) is 11.4 Å². The monoisotopic (exact) mass is 861 g/mol. The summed E-state index contributed by atoms with van der Waals surface area (Å²) in [6.45, 7) is 8.88. The first-order valence-electron chi connectivity index (χ1n) is 19.1. The molecule has 2 aromatic rings. The number of hydrogen-bond donors (Lipinski definition) is 2. The van der Waals surface area contributed by atoms with Crippen LogP contribution >= 0.6 is 0 Å². The van der Waals surface area contributed by atoms with Gasteiger partial charge in [0.25, 0.3) is 0 Å². The van der Waals surface area contributed by atoms with Gasteiger partial charge in [-0.15, -0.1) is 0 Å². The van der Waals surface area contributed by atoms with Crippen molar-refractivity contribution in [3.8, 4) is 17.2 Å². The van der Waals surface area contributed by atoms with Crippen LogP contribution in [0.3, 0.4) is 0 Å². The Balaban J connectivity index is 1.80. The minimum Gasteiger partial charge on any atom is -0.493 e. The van der Waals surface area contributed by atoms with Gasteiger partial charge in [0.2, 0.25) is 5.91 Å². The fourth-order valence-corrected chi connectivity index (χ4v) is 6.45. The van der Waals surface area contributed by atoms with Gasteiger partial charge in [0.05, 0.1) is 7.11 Å². The normalized spacial score (nSPS) is 25.9. The Hall–Kier alpha value is -5.83. The molecule has 0 bridgehead atoms. The SMILES string of the molecule is COc1ccc([C@H]2O[C@H](COC(C)=O)[C@@H](OC(C)=O)[C@H](O[C@H]3O[C@H](COC(C)=O)[C@@H](OC(C)=O)[C@H](OC(C)=O)[C@@H]3OC(C)=O)[C@@H]2O)cc1Oc1ccc(NC(=O)C(C)C)cc1. The van der Waals surface area contributed by atoms with Gasteiger partial charge in [0.15, 0.2) is 42.2 Å². The molecule has 61 heavy (non-hydrogen) atoms. The molecule has 334 valence electrons. The van der Waals surface area contributed by atoms with Gasteiger partial charge in [-0.2, -0.15) is 0 Å². The van der Waals surface area contributed by atoms with Gasteiger partial charge in [-0.05, 0) is 42.0 Å². The Morgan fingerprint density at radius 3 is 1.66 bits per heavy atom. The van der Waals surface area contributed by atoms with Crippen LogP contribution in [-0.2, 0) is 76.2 Å². The van der Waals surface area contributed by atoms with Crippen LogP contribution in [0.1, 0.15) is 67.1 Å². The molecule has 10 atom stereocenters. The van der Waals surface area contributed by atoms with Gasteiger partial charge >= 0.3 is 35.8 Å². The Labute approximate surface area is 351 Å². The van der Waals surface area contributed by atoms with Crippen LogP contribution in [0.15, 0.2) is 42.5 Å². The summed E-state index contributed by atoms with van der Waals surface area (Å²) < 4.78 is 63.1. The van der Waals surface area contributed by atoms with E-state index in [2.05, 4.69) is 5.32 Å². The van der Waals surface area contributed by atoms with E-state index in [0.717, 1.165) is 41.5 Å². The predicted molar refractivity (Wildman–Crippen MR) is 206 cm³/mol. The van der Waals surface area contributed by atoms with E-state index < -0.39 is 110 Å². The lowest BCUT2D eigenvalue weighted by atomic mass is 9.90. The Morgan fingerprint density at radius 2 is 1.15 bits per heavy atom. The van der Waals surface area contributed by atoms with E-state index in [1.807, 2.05) is 0 Å². The van der Waals surface area contributed by atoms with Crippen molar-refractivity contribution in [2.75, 3.05) is 25.6 Å². The molecule has 0 unspecified atom stereocenters. The summed E-state index contributed by atoms with van der Waals surface area (Å²) in [5.41, 5.74) is 0.794. The zero-order valence-corrected chi connectivity index (χ0v) is 35.1. The molecule has 2 aromatic carbocycles. The minimum atomic E-state index is -1.82. The van der Waals surface area contributed by atoms with Crippen LogP contribution in [0.2, 0.25) is 0 Å². The minimum absolute atomic E-state index is 0.158.